The van der Waals surface area contributed by atoms with Crippen LogP contribution in [0.15, 0.2) is 54.6 Å². The second kappa shape index (κ2) is 8.68. The molecule has 0 aromatic heterocycles. The fourth-order valence-corrected chi connectivity index (χ4v) is 2.03. The number of hydrogen-bond donors (Lipinski definition) is 1. The molecule has 1 N–H and O–H groups in total. The van der Waals surface area contributed by atoms with E-state index in [1.807, 2.05) is 31.2 Å². The van der Waals surface area contributed by atoms with Gasteiger partial charge in [-0.25, -0.2) is 4.79 Å². The van der Waals surface area contributed by atoms with E-state index in [1.54, 1.807) is 37.5 Å². The summed E-state index contributed by atoms with van der Waals surface area (Å²) >= 11 is 0. The Morgan fingerprint density at radius 2 is 1.68 bits per heavy atom. The van der Waals surface area contributed by atoms with E-state index in [0.29, 0.717) is 11.4 Å². The molecule has 25 heavy (non-hydrogen) atoms. The van der Waals surface area contributed by atoms with E-state index in [-0.39, 0.29) is 0 Å². The highest BCUT2D eigenvalue weighted by molar-refractivity contribution is 5.96. The van der Waals surface area contributed by atoms with Crippen LogP contribution in [0.2, 0.25) is 0 Å². The first-order chi connectivity index (χ1) is 12.0. The second-order valence-corrected chi connectivity index (χ2v) is 5.54. The number of aryl methyl sites for hydroxylation is 1. The Morgan fingerprint density at radius 3 is 2.28 bits per heavy atom. The highest BCUT2D eigenvalue weighted by Gasteiger charge is 2.16. The number of rotatable bonds is 6. The SMILES string of the molecule is COc1ccc(NC(=O)C(C)OC(=O)/C=C/c2ccc(C)cc2)cc1. The minimum absolute atomic E-state index is 0.401. The first-order valence-corrected chi connectivity index (χ1v) is 7.88. The van der Waals surface area contributed by atoms with Crippen molar-refractivity contribution in [1.29, 1.82) is 0 Å². The molecule has 1 unspecified atom stereocenters. The van der Waals surface area contributed by atoms with Gasteiger partial charge in [-0.2, -0.15) is 0 Å². The van der Waals surface area contributed by atoms with E-state index in [9.17, 15) is 9.59 Å². The summed E-state index contributed by atoms with van der Waals surface area (Å²) in [4.78, 5) is 23.9. The Labute approximate surface area is 147 Å². The first-order valence-electron chi connectivity index (χ1n) is 7.88. The van der Waals surface area contributed by atoms with Gasteiger partial charge in [0.2, 0.25) is 0 Å². The lowest BCUT2D eigenvalue weighted by molar-refractivity contribution is -0.148. The average molecular weight is 339 g/mol. The Morgan fingerprint density at radius 1 is 1.04 bits per heavy atom. The molecule has 0 spiro atoms. The molecular formula is C20H21NO4. The van der Waals surface area contributed by atoms with Gasteiger partial charge in [-0.15, -0.1) is 0 Å². The van der Waals surface area contributed by atoms with Crippen molar-refractivity contribution < 1.29 is 19.1 Å². The zero-order valence-corrected chi connectivity index (χ0v) is 14.5. The number of esters is 1. The fourth-order valence-electron chi connectivity index (χ4n) is 2.03. The van der Waals surface area contributed by atoms with Gasteiger partial charge >= 0.3 is 5.97 Å². The lowest BCUT2D eigenvalue weighted by Crippen LogP contribution is -2.29. The summed E-state index contributed by atoms with van der Waals surface area (Å²) in [5.74, 6) is -0.279. The van der Waals surface area contributed by atoms with Crippen molar-refractivity contribution in [3.8, 4) is 5.75 Å². The molecule has 0 radical (unpaired) electrons. The maximum Gasteiger partial charge on any atom is 0.331 e. The highest BCUT2D eigenvalue weighted by atomic mass is 16.5. The Bertz CT molecular complexity index is 748. The second-order valence-electron chi connectivity index (χ2n) is 5.54. The van der Waals surface area contributed by atoms with E-state index >= 15 is 0 Å². The Hall–Kier alpha value is -3.08. The third-order valence-electron chi connectivity index (χ3n) is 3.51. The smallest absolute Gasteiger partial charge is 0.331 e. The molecule has 1 amide bonds. The van der Waals surface area contributed by atoms with Gasteiger partial charge in [0.05, 0.1) is 7.11 Å². The van der Waals surface area contributed by atoms with Crippen LogP contribution in [-0.4, -0.2) is 25.1 Å². The Kier molecular flexibility index (Phi) is 6.34. The van der Waals surface area contributed by atoms with Crippen molar-refractivity contribution in [1.82, 2.24) is 0 Å². The minimum atomic E-state index is -0.905. The minimum Gasteiger partial charge on any atom is -0.497 e. The van der Waals surface area contributed by atoms with Gasteiger partial charge in [-0.1, -0.05) is 29.8 Å². The molecule has 0 heterocycles. The number of methoxy groups -OCH3 is 1. The van der Waals surface area contributed by atoms with Gasteiger partial charge in [0.1, 0.15) is 5.75 Å². The number of ether oxygens (including phenoxy) is 2. The molecule has 130 valence electrons. The summed E-state index contributed by atoms with van der Waals surface area (Å²) < 4.78 is 10.2. The van der Waals surface area contributed by atoms with Gasteiger partial charge in [-0.05, 0) is 49.8 Å². The Balaban J connectivity index is 1.86. The molecule has 0 saturated carbocycles. The molecule has 0 fully saturated rings. The molecule has 0 aliphatic carbocycles. The van der Waals surface area contributed by atoms with Crippen LogP contribution < -0.4 is 10.1 Å². The van der Waals surface area contributed by atoms with Crippen LogP contribution in [-0.2, 0) is 14.3 Å². The maximum atomic E-state index is 12.1. The van der Waals surface area contributed by atoms with Gasteiger partial charge in [0.15, 0.2) is 6.10 Å². The van der Waals surface area contributed by atoms with E-state index in [4.69, 9.17) is 9.47 Å². The molecule has 0 bridgehead atoms. The summed E-state index contributed by atoms with van der Waals surface area (Å²) in [6.45, 7) is 3.52. The molecular weight excluding hydrogens is 318 g/mol. The quantitative estimate of drug-likeness (QED) is 0.645. The third kappa shape index (κ3) is 5.80. The highest BCUT2D eigenvalue weighted by Crippen LogP contribution is 2.15. The standard InChI is InChI=1S/C20H21NO4/c1-14-4-6-16(7-5-14)8-13-19(22)25-15(2)20(23)21-17-9-11-18(24-3)12-10-17/h4-13,15H,1-3H3,(H,21,23)/b13-8+. The van der Waals surface area contributed by atoms with Crippen LogP contribution in [0.3, 0.4) is 0 Å². The van der Waals surface area contributed by atoms with E-state index < -0.39 is 18.0 Å². The largest absolute Gasteiger partial charge is 0.497 e. The molecule has 2 aromatic rings. The number of amides is 1. The lowest BCUT2D eigenvalue weighted by Gasteiger charge is -2.12. The van der Waals surface area contributed by atoms with E-state index in [0.717, 1.165) is 11.1 Å². The molecule has 2 aromatic carbocycles. The van der Waals surface area contributed by atoms with Gasteiger partial charge in [-0.3, -0.25) is 4.79 Å². The predicted octanol–water partition coefficient (Wildman–Crippen LogP) is 3.59. The summed E-state index contributed by atoms with van der Waals surface area (Å²) in [5, 5.41) is 2.68. The van der Waals surface area contributed by atoms with Crippen LogP contribution in [0, 0.1) is 6.92 Å². The van der Waals surface area contributed by atoms with E-state index in [1.165, 1.54) is 13.0 Å². The number of anilines is 1. The van der Waals surface area contributed by atoms with Crippen LogP contribution in [0.25, 0.3) is 6.08 Å². The molecule has 0 aliphatic rings. The van der Waals surface area contributed by atoms with Gasteiger partial charge in [0.25, 0.3) is 5.91 Å². The number of nitrogens with one attached hydrogen (secondary N) is 1. The maximum absolute atomic E-state index is 12.1. The molecule has 1 atom stereocenters. The predicted molar refractivity (Wildman–Crippen MR) is 97.4 cm³/mol. The topological polar surface area (TPSA) is 64.6 Å². The summed E-state index contributed by atoms with van der Waals surface area (Å²) in [6, 6.07) is 14.6. The summed E-state index contributed by atoms with van der Waals surface area (Å²) in [7, 11) is 1.57. The number of benzene rings is 2. The molecule has 2 rings (SSSR count). The van der Waals surface area contributed by atoms with Gasteiger partial charge < -0.3 is 14.8 Å². The van der Waals surface area contributed by atoms with Crippen molar-refractivity contribution in [2.45, 2.75) is 20.0 Å². The van der Waals surface area contributed by atoms with Gasteiger partial charge in [0, 0.05) is 11.8 Å². The lowest BCUT2D eigenvalue weighted by atomic mass is 10.1. The summed E-state index contributed by atoms with van der Waals surface area (Å²) in [5.41, 5.74) is 2.63. The molecule has 0 aliphatic heterocycles. The molecule has 0 saturated heterocycles. The number of hydrogen-bond acceptors (Lipinski definition) is 4. The number of carbonyl (C=O) groups is 2. The van der Waals surface area contributed by atoms with Crippen molar-refractivity contribution >= 4 is 23.6 Å². The monoisotopic (exact) mass is 339 g/mol. The first kappa shape index (κ1) is 18.3. The van der Waals surface area contributed by atoms with Crippen molar-refractivity contribution in [2.24, 2.45) is 0 Å². The van der Waals surface area contributed by atoms with Crippen molar-refractivity contribution in [3.05, 3.63) is 65.7 Å². The van der Waals surface area contributed by atoms with Crippen LogP contribution >= 0.6 is 0 Å². The van der Waals surface area contributed by atoms with E-state index in [2.05, 4.69) is 5.32 Å². The zero-order valence-electron chi connectivity index (χ0n) is 14.5. The number of carbonyl (C=O) groups excluding carboxylic acids is 2. The van der Waals surface area contributed by atoms with Crippen LogP contribution in [0.1, 0.15) is 18.1 Å². The van der Waals surface area contributed by atoms with Crippen molar-refractivity contribution in [2.75, 3.05) is 12.4 Å². The normalized spacial score (nSPS) is 11.8. The fraction of sp³-hybridized carbons (Fsp3) is 0.200. The zero-order chi connectivity index (χ0) is 18.2. The summed E-state index contributed by atoms with van der Waals surface area (Å²) in [6.07, 6.45) is 2.05. The third-order valence-corrected chi connectivity index (χ3v) is 3.51. The molecule has 5 heteroatoms. The van der Waals surface area contributed by atoms with Crippen molar-refractivity contribution in [3.63, 3.8) is 0 Å². The average Bonchev–Trinajstić information content (AvgIpc) is 2.61. The van der Waals surface area contributed by atoms with Crippen LogP contribution in [0.4, 0.5) is 5.69 Å². The van der Waals surface area contributed by atoms with Crippen LogP contribution in [0.5, 0.6) is 5.75 Å². The molecule has 5 nitrogen and oxygen atoms in total.